The highest BCUT2D eigenvalue weighted by molar-refractivity contribution is 6.35. The summed E-state index contributed by atoms with van der Waals surface area (Å²) < 4.78 is 5.58. The van der Waals surface area contributed by atoms with E-state index in [4.69, 9.17) is 27.9 Å². The molecule has 4 nitrogen and oxygen atoms in total. The summed E-state index contributed by atoms with van der Waals surface area (Å²) in [5, 5.41) is 16.3. The zero-order valence-electron chi connectivity index (χ0n) is 16.4. The third kappa shape index (κ3) is 4.76. The van der Waals surface area contributed by atoms with Crippen molar-refractivity contribution in [3.8, 4) is 11.5 Å². The van der Waals surface area contributed by atoms with Crippen LogP contribution < -0.4 is 10.1 Å². The fourth-order valence-corrected chi connectivity index (χ4v) is 4.01. The van der Waals surface area contributed by atoms with E-state index in [1.54, 1.807) is 36.4 Å². The molecule has 0 bridgehead atoms. The van der Waals surface area contributed by atoms with Crippen LogP contribution in [0.25, 0.3) is 10.8 Å². The lowest BCUT2D eigenvalue weighted by atomic mass is 9.92. The summed E-state index contributed by atoms with van der Waals surface area (Å²) in [5.74, 6) is 0.290. The molecule has 0 saturated carbocycles. The lowest BCUT2D eigenvalue weighted by molar-refractivity contribution is -0.123. The Morgan fingerprint density at radius 2 is 1.68 bits per heavy atom. The minimum absolute atomic E-state index is 0.0546. The molecule has 4 aromatic carbocycles. The average molecular weight is 452 g/mol. The molecule has 0 unspecified atom stereocenters. The van der Waals surface area contributed by atoms with Crippen LogP contribution in [0.5, 0.6) is 11.5 Å². The van der Waals surface area contributed by atoms with E-state index in [-0.39, 0.29) is 18.3 Å². The molecule has 156 valence electrons. The number of benzene rings is 4. The highest BCUT2D eigenvalue weighted by atomic mass is 35.5. The SMILES string of the molecule is O=C(COc1ccccc1)N[C@@H](c1ccc(Cl)cc1Cl)c1c(O)ccc2ccccc12. The Labute approximate surface area is 190 Å². The van der Waals surface area contributed by atoms with E-state index in [1.165, 1.54) is 0 Å². The maximum Gasteiger partial charge on any atom is 0.258 e. The average Bonchev–Trinajstić information content (AvgIpc) is 2.77. The molecule has 2 N–H and O–H groups in total. The van der Waals surface area contributed by atoms with Crippen molar-refractivity contribution >= 4 is 39.9 Å². The standard InChI is InChI=1S/C25H19Cl2NO3/c26-17-11-12-20(21(27)14-17)25(28-23(30)15-31-18-7-2-1-3-8-18)24-19-9-5-4-6-16(19)10-13-22(24)29/h1-14,25,29H,15H2,(H,28,30)/t25-/m0/s1. The van der Waals surface area contributed by atoms with E-state index in [2.05, 4.69) is 5.32 Å². The van der Waals surface area contributed by atoms with Crippen LogP contribution >= 0.6 is 23.2 Å². The van der Waals surface area contributed by atoms with Crippen molar-refractivity contribution in [2.45, 2.75) is 6.04 Å². The van der Waals surface area contributed by atoms with Gasteiger partial charge in [0.05, 0.1) is 6.04 Å². The molecule has 0 heterocycles. The van der Waals surface area contributed by atoms with E-state index in [1.807, 2.05) is 48.5 Å². The molecule has 4 rings (SSSR count). The van der Waals surface area contributed by atoms with Gasteiger partial charge in [0.15, 0.2) is 6.61 Å². The van der Waals surface area contributed by atoms with Gasteiger partial charge >= 0.3 is 0 Å². The fraction of sp³-hybridized carbons (Fsp3) is 0.0800. The highest BCUT2D eigenvalue weighted by Gasteiger charge is 2.25. The number of phenolic OH excluding ortho intramolecular Hbond substituents is 1. The maximum atomic E-state index is 12.8. The molecular formula is C25H19Cl2NO3. The van der Waals surface area contributed by atoms with Gasteiger partial charge in [-0.1, -0.05) is 77.8 Å². The third-order valence-electron chi connectivity index (χ3n) is 4.93. The molecular weight excluding hydrogens is 433 g/mol. The topological polar surface area (TPSA) is 58.6 Å². The van der Waals surface area contributed by atoms with Crippen LogP contribution in [0.2, 0.25) is 10.0 Å². The van der Waals surface area contributed by atoms with Gasteiger partial charge in [0, 0.05) is 15.6 Å². The predicted molar refractivity (Wildman–Crippen MR) is 124 cm³/mol. The number of carbonyl (C=O) groups is 1. The Kier molecular flexibility index (Phi) is 6.31. The molecule has 0 saturated heterocycles. The van der Waals surface area contributed by atoms with Crippen LogP contribution in [0.1, 0.15) is 17.2 Å². The van der Waals surface area contributed by atoms with Crippen LogP contribution in [0, 0.1) is 0 Å². The zero-order chi connectivity index (χ0) is 21.8. The van der Waals surface area contributed by atoms with Gasteiger partial charge in [-0.25, -0.2) is 0 Å². The van der Waals surface area contributed by atoms with Crippen LogP contribution in [0.4, 0.5) is 0 Å². The number of nitrogens with one attached hydrogen (secondary N) is 1. The second-order valence-electron chi connectivity index (χ2n) is 6.99. The molecule has 0 radical (unpaired) electrons. The van der Waals surface area contributed by atoms with Crippen molar-refractivity contribution in [3.63, 3.8) is 0 Å². The molecule has 0 spiro atoms. The molecule has 1 atom stereocenters. The normalized spacial score (nSPS) is 11.8. The molecule has 6 heteroatoms. The Bertz CT molecular complexity index is 1230. The number of rotatable bonds is 6. The molecule has 0 fully saturated rings. The van der Waals surface area contributed by atoms with E-state index >= 15 is 0 Å². The maximum absolute atomic E-state index is 12.8. The molecule has 0 aliphatic heterocycles. The van der Waals surface area contributed by atoms with Crippen molar-refractivity contribution < 1.29 is 14.6 Å². The zero-order valence-corrected chi connectivity index (χ0v) is 17.9. The van der Waals surface area contributed by atoms with Gasteiger partial charge < -0.3 is 15.2 Å². The van der Waals surface area contributed by atoms with E-state index in [0.717, 1.165) is 10.8 Å². The highest BCUT2D eigenvalue weighted by Crippen LogP contribution is 2.38. The number of hydrogen-bond acceptors (Lipinski definition) is 3. The smallest absolute Gasteiger partial charge is 0.258 e. The summed E-state index contributed by atoms with van der Waals surface area (Å²) in [6.45, 7) is -0.183. The number of phenols is 1. The number of halogens is 2. The second kappa shape index (κ2) is 9.29. The number of ether oxygens (including phenoxy) is 1. The first-order valence-corrected chi connectivity index (χ1v) is 10.4. The lowest BCUT2D eigenvalue weighted by Gasteiger charge is -2.23. The number of para-hydroxylation sites is 1. The van der Waals surface area contributed by atoms with Crippen molar-refractivity contribution in [1.82, 2.24) is 5.32 Å². The number of hydrogen-bond donors (Lipinski definition) is 2. The minimum atomic E-state index is -0.706. The summed E-state index contributed by atoms with van der Waals surface area (Å²) in [6, 6.07) is 24.5. The van der Waals surface area contributed by atoms with Crippen LogP contribution in [0.15, 0.2) is 84.9 Å². The molecule has 0 aliphatic carbocycles. The number of aromatic hydroxyl groups is 1. The number of amides is 1. The van der Waals surface area contributed by atoms with Gasteiger partial charge in [0.2, 0.25) is 0 Å². The first-order valence-electron chi connectivity index (χ1n) is 9.65. The summed E-state index contributed by atoms with van der Waals surface area (Å²) in [7, 11) is 0. The number of carbonyl (C=O) groups excluding carboxylic acids is 1. The summed E-state index contributed by atoms with van der Waals surface area (Å²) in [5.41, 5.74) is 1.17. The molecule has 31 heavy (non-hydrogen) atoms. The van der Waals surface area contributed by atoms with Gasteiger partial charge in [-0.15, -0.1) is 0 Å². The Morgan fingerprint density at radius 1 is 0.935 bits per heavy atom. The quantitative estimate of drug-likeness (QED) is 0.370. The predicted octanol–water partition coefficient (Wildman–Crippen LogP) is 6.14. The number of fused-ring (bicyclic) bond motifs is 1. The Hall–Kier alpha value is -3.21. The fourth-order valence-electron chi connectivity index (χ4n) is 3.50. The lowest BCUT2D eigenvalue weighted by Crippen LogP contribution is -2.33. The van der Waals surface area contributed by atoms with E-state index < -0.39 is 6.04 Å². The Morgan fingerprint density at radius 3 is 2.45 bits per heavy atom. The molecule has 1 amide bonds. The van der Waals surface area contributed by atoms with Crippen LogP contribution in [0.3, 0.4) is 0 Å². The van der Waals surface area contributed by atoms with E-state index in [0.29, 0.717) is 26.9 Å². The molecule has 0 aliphatic rings. The van der Waals surface area contributed by atoms with Crippen molar-refractivity contribution in [3.05, 3.63) is 106 Å². The summed E-state index contributed by atoms with van der Waals surface area (Å²) in [6.07, 6.45) is 0. The van der Waals surface area contributed by atoms with Crippen molar-refractivity contribution in [2.24, 2.45) is 0 Å². The second-order valence-corrected chi connectivity index (χ2v) is 7.83. The van der Waals surface area contributed by atoms with Crippen LogP contribution in [-0.4, -0.2) is 17.6 Å². The van der Waals surface area contributed by atoms with Gasteiger partial charge in [0.1, 0.15) is 11.5 Å². The van der Waals surface area contributed by atoms with Crippen molar-refractivity contribution in [1.29, 1.82) is 0 Å². The molecule has 4 aromatic rings. The summed E-state index contributed by atoms with van der Waals surface area (Å²) in [4.78, 5) is 12.8. The minimum Gasteiger partial charge on any atom is -0.508 e. The summed E-state index contributed by atoms with van der Waals surface area (Å²) >= 11 is 12.6. The van der Waals surface area contributed by atoms with Crippen LogP contribution in [-0.2, 0) is 4.79 Å². The van der Waals surface area contributed by atoms with Gasteiger partial charge in [0.25, 0.3) is 5.91 Å². The Balaban J connectivity index is 1.72. The molecule has 0 aromatic heterocycles. The first-order chi connectivity index (χ1) is 15.0. The first kappa shape index (κ1) is 21.0. The van der Waals surface area contributed by atoms with Gasteiger partial charge in [-0.05, 0) is 46.7 Å². The van der Waals surface area contributed by atoms with Crippen molar-refractivity contribution in [2.75, 3.05) is 6.61 Å². The van der Waals surface area contributed by atoms with E-state index in [9.17, 15) is 9.90 Å². The monoisotopic (exact) mass is 451 g/mol. The largest absolute Gasteiger partial charge is 0.508 e. The van der Waals surface area contributed by atoms with Gasteiger partial charge in [-0.3, -0.25) is 4.79 Å². The third-order valence-corrected chi connectivity index (χ3v) is 5.49. The van der Waals surface area contributed by atoms with Gasteiger partial charge in [-0.2, -0.15) is 0 Å².